The highest BCUT2D eigenvalue weighted by Crippen LogP contribution is 2.36. The zero-order chi connectivity index (χ0) is 20.0. The normalized spacial score (nSPS) is 40.1. The molecule has 0 saturated heterocycles. The van der Waals surface area contributed by atoms with Crippen molar-refractivity contribution < 1.29 is 10.2 Å². The van der Waals surface area contributed by atoms with Crippen molar-refractivity contribution in [3.63, 3.8) is 0 Å². The molecule has 0 spiro atoms. The molecule has 0 aromatic rings. The number of allylic oxidation sites excluding steroid dienone is 4. The molecular formula is C24H44O2. The van der Waals surface area contributed by atoms with Crippen LogP contribution in [-0.2, 0) is 0 Å². The van der Waals surface area contributed by atoms with Gasteiger partial charge in [0, 0.05) is 0 Å². The molecule has 2 heteroatoms. The van der Waals surface area contributed by atoms with E-state index in [0.29, 0.717) is 29.6 Å². The fourth-order valence-corrected chi connectivity index (χ4v) is 4.70. The van der Waals surface area contributed by atoms with E-state index in [-0.39, 0.29) is 12.2 Å². The van der Waals surface area contributed by atoms with E-state index in [0.717, 1.165) is 18.8 Å². The largest absolute Gasteiger partial charge is 0.393 e. The highest BCUT2D eigenvalue weighted by Gasteiger charge is 2.32. The summed E-state index contributed by atoms with van der Waals surface area (Å²) in [4.78, 5) is 0. The number of rotatable bonds is 2. The lowest BCUT2D eigenvalue weighted by atomic mass is 9.71. The second kappa shape index (κ2) is 10.7. The second-order valence-electron chi connectivity index (χ2n) is 9.71. The van der Waals surface area contributed by atoms with Gasteiger partial charge < -0.3 is 10.2 Å². The molecule has 2 rings (SSSR count). The zero-order valence-electron chi connectivity index (χ0n) is 18.5. The molecule has 0 radical (unpaired) electrons. The maximum absolute atomic E-state index is 9.80. The number of aliphatic hydroxyl groups excluding tert-OH is 2. The smallest absolute Gasteiger partial charge is 0.0573 e. The predicted molar refractivity (Wildman–Crippen MR) is 113 cm³/mol. The quantitative estimate of drug-likeness (QED) is 0.591. The third-order valence-corrected chi connectivity index (χ3v) is 6.46. The van der Waals surface area contributed by atoms with Crippen molar-refractivity contribution in [1.29, 1.82) is 0 Å². The van der Waals surface area contributed by atoms with Crippen LogP contribution in [0.3, 0.4) is 0 Å². The average molecular weight is 365 g/mol. The molecule has 0 bridgehead atoms. The summed E-state index contributed by atoms with van der Waals surface area (Å²) in [7, 11) is 0. The van der Waals surface area contributed by atoms with Crippen LogP contribution < -0.4 is 0 Å². The van der Waals surface area contributed by atoms with Crippen LogP contribution in [-0.4, -0.2) is 22.4 Å². The van der Waals surface area contributed by atoms with E-state index >= 15 is 0 Å². The maximum atomic E-state index is 9.80. The van der Waals surface area contributed by atoms with E-state index in [1.54, 1.807) is 0 Å². The Morgan fingerprint density at radius 2 is 1.31 bits per heavy atom. The third kappa shape index (κ3) is 7.19. The first kappa shape index (κ1) is 23.4. The Hall–Kier alpha value is -0.600. The van der Waals surface area contributed by atoms with Crippen LogP contribution in [0.1, 0.15) is 81.1 Å². The molecule has 2 N–H and O–H groups in total. The van der Waals surface area contributed by atoms with Gasteiger partial charge in [-0.3, -0.25) is 0 Å². The van der Waals surface area contributed by atoms with Gasteiger partial charge in [0.15, 0.2) is 0 Å². The van der Waals surface area contributed by atoms with E-state index in [1.165, 1.54) is 24.0 Å². The Morgan fingerprint density at radius 3 is 1.85 bits per heavy atom. The van der Waals surface area contributed by atoms with Gasteiger partial charge in [0.1, 0.15) is 0 Å². The monoisotopic (exact) mass is 364 g/mol. The van der Waals surface area contributed by atoms with Gasteiger partial charge >= 0.3 is 0 Å². The van der Waals surface area contributed by atoms with Gasteiger partial charge in [-0.1, -0.05) is 51.0 Å². The molecule has 0 aliphatic heterocycles. The molecule has 152 valence electrons. The number of hydrogen-bond donors (Lipinski definition) is 2. The molecule has 0 amide bonds. The van der Waals surface area contributed by atoms with Crippen molar-refractivity contribution in [3.8, 4) is 0 Å². The molecule has 0 heterocycles. The number of hydrogen-bond acceptors (Lipinski definition) is 2. The minimum Gasteiger partial charge on any atom is -0.393 e. The first-order chi connectivity index (χ1) is 12.0. The minimum atomic E-state index is -0.0932. The Balaban J connectivity index is 0.000000260. The fourth-order valence-electron chi connectivity index (χ4n) is 4.70. The molecule has 2 fully saturated rings. The van der Waals surface area contributed by atoms with Crippen molar-refractivity contribution in [2.45, 2.75) is 93.3 Å². The van der Waals surface area contributed by atoms with Crippen LogP contribution in [0, 0.1) is 35.5 Å². The first-order valence-electron chi connectivity index (χ1n) is 10.7. The van der Waals surface area contributed by atoms with Crippen molar-refractivity contribution in [2.75, 3.05) is 0 Å². The summed E-state index contributed by atoms with van der Waals surface area (Å²) in [5.74, 6) is 3.43. The Bertz CT molecular complexity index is 471. The average Bonchev–Trinajstić information content (AvgIpc) is 2.52. The van der Waals surface area contributed by atoms with E-state index in [2.05, 4.69) is 67.5 Å². The minimum absolute atomic E-state index is 0.0863. The topological polar surface area (TPSA) is 40.5 Å². The summed E-state index contributed by atoms with van der Waals surface area (Å²) >= 11 is 0. The van der Waals surface area contributed by atoms with Crippen LogP contribution >= 0.6 is 0 Å². The SMILES string of the molecule is CC(C)=CC1C(C)CCC(O)C1C.CC(C)=CC1CC(C)CC(O)C1C. The van der Waals surface area contributed by atoms with Crippen LogP contribution in [0.25, 0.3) is 0 Å². The van der Waals surface area contributed by atoms with Crippen LogP contribution in [0.5, 0.6) is 0 Å². The Morgan fingerprint density at radius 1 is 0.731 bits per heavy atom. The van der Waals surface area contributed by atoms with E-state index in [9.17, 15) is 10.2 Å². The lowest BCUT2D eigenvalue weighted by Crippen LogP contribution is -2.34. The summed E-state index contributed by atoms with van der Waals surface area (Å²) in [6.45, 7) is 17.4. The van der Waals surface area contributed by atoms with Gasteiger partial charge in [-0.15, -0.1) is 0 Å². The molecule has 0 aromatic heterocycles. The van der Waals surface area contributed by atoms with Crippen LogP contribution in [0.4, 0.5) is 0 Å². The van der Waals surface area contributed by atoms with E-state index < -0.39 is 0 Å². The first-order valence-corrected chi connectivity index (χ1v) is 10.7. The van der Waals surface area contributed by atoms with Gasteiger partial charge in [0.2, 0.25) is 0 Å². The van der Waals surface area contributed by atoms with E-state index in [4.69, 9.17) is 0 Å². The molecule has 2 aliphatic rings. The predicted octanol–water partition coefficient (Wildman–Crippen LogP) is 5.99. The van der Waals surface area contributed by atoms with Gasteiger partial charge in [-0.05, 0) is 88.9 Å². The molecule has 8 unspecified atom stereocenters. The lowest BCUT2D eigenvalue weighted by molar-refractivity contribution is 0.0332. The highest BCUT2D eigenvalue weighted by molar-refractivity contribution is 5.03. The number of aliphatic hydroxyl groups is 2. The second-order valence-corrected chi connectivity index (χ2v) is 9.71. The van der Waals surface area contributed by atoms with Crippen LogP contribution in [0.2, 0.25) is 0 Å². The van der Waals surface area contributed by atoms with E-state index in [1.807, 2.05) is 0 Å². The van der Waals surface area contributed by atoms with Crippen molar-refractivity contribution in [2.24, 2.45) is 35.5 Å². The standard InChI is InChI=1S/2C12H22O/c1-8(2)5-11-6-9(3)7-12(13)10(11)4;1-8(2)7-11-9(3)5-6-12(13)10(11)4/h5,9-13H,6-7H2,1-4H3;7,9-13H,5-6H2,1-4H3. The molecule has 0 aromatic carbocycles. The molecule has 26 heavy (non-hydrogen) atoms. The maximum Gasteiger partial charge on any atom is 0.0573 e. The lowest BCUT2D eigenvalue weighted by Gasteiger charge is -2.36. The molecule has 2 saturated carbocycles. The molecule has 2 nitrogen and oxygen atoms in total. The van der Waals surface area contributed by atoms with Gasteiger partial charge in [0.05, 0.1) is 12.2 Å². The highest BCUT2D eigenvalue weighted by atomic mass is 16.3. The van der Waals surface area contributed by atoms with Crippen molar-refractivity contribution in [3.05, 3.63) is 23.3 Å². The molecule has 8 atom stereocenters. The van der Waals surface area contributed by atoms with Gasteiger partial charge in [0.25, 0.3) is 0 Å². The Labute approximate surface area is 162 Å². The van der Waals surface area contributed by atoms with Gasteiger partial charge in [-0.2, -0.15) is 0 Å². The summed E-state index contributed by atoms with van der Waals surface area (Å²) in [5.41, 5.74) is 2.75. The summed E-state index contributed by atoms with van der Waals surface area (Å²) in [6.07, 6.45) is 8.84. The zero-order valence-corrected chi connectivity index (χ0v) is 18.5. The third-order valence-electron chi connectivity index (χ3n) is 6.46. The molecule has 2 aliphatic carbocycles. The molecular weight excluding hydrogens is 320 g/mol. The van der Waals surface area contributed by atoms with Crippen molar-refractivity contribution in [1.82, 2.24) is 0 Å². The summed E-state index contributed by atoms with van der Waals surface area (Å²) in [6, 6.07) is 0. The Kier molecular flexibility index (Phi) is 9.61. The van der Waals surface area contributed by atoms with Crippen molar-refractivity contribution >= 4 is 0 Å². The van der Waals surface area contributed by atoms with Gasteiger partial charge in [-0.25, -0.2) is 0 Å². The van der Waals surface area contributed by atoms with Crippen LogP contribution in [0.15, 0.2) is 23.3 Å². The summed E-state index contributed by atoms with van der Waals surface area (Å²) < 4.78 is 0. The fraction of sp³-hybridized carbons (Fsp3) is 0.833. The summed E-state index contributed by atoms with van der Waals surface area (Å²) in [5, 5.41) is 19.6.